The van der Waals surface area contributed by atoms with Crippen LogP contribution in [0.1, 0.15) is 61.0 Å². The normalized spacial score (nSPS) is 18.0. The molecule has 4 rings (SSSR count). The van der Waals surface area contributed by atoms with E-state index in [1.54, 1.807) is 0 Å². The van der Waals surface area contributed by atoms with Crippen LogP contribution in [-0.4, -0.2) is 32.0 Å². The molecule has 1 aliphatic heterocycles. The van der Waals surface area contributed by atoms with Crippen molar-refractivity contribution in [3.8, 4) is 0 Å². The number of para-hydroxylation sites is 1. The van der Waals surface area contributed by atoms with Crippen LogP contribution in [0.15, 0.2) is 60.8 Å². The molecule has 172 valence electrons. The first-order valence-electron chi connectivity index (χ1n) is 11.4. The summed E-state index contributed by atoms with van der Waals surface area (Å²) in [5, 5.41) is 7.10. The van der Waals surface area contributed by atoms with Gasteiger partial charge in [0, 0.05) is 42.3 Å². The molecule has 2 aromatic heterocycles. The summed E-state index contributed by atoms with van der Waals surface area (Å²) in [7, 11) is 0. The summed E-state index contributed by atoms with van der Waals surface area (Å²) in [5.41, 5.74) is 5.40. The number of hydrogen-bond donors (Lipinski definition) is 2. The summed E-state index contributed by atoms with van der Waals surface area (Å²) in [6.07, 6.45) is 2.15. The Balaban J connectivity index is 1.63. The smallest absolute Gasteiger partial charge is 0.226 e. The first kappa shape index (κ1) is 23.0. The minimum Gasteiger partial charge on any atom is -0.352 e. The molecule has 1 fully saturated rings. The van der Waals surface area contributed by atoms with Crippen molar-refractivity contribution in [3.63, 3.8) is 0 Å². The van der Waals surface area contributed by atoms with Crippen molar-refractivity contribution in [2.24, 2.45) is 0 Å². The van der Waals surface area contributed by atoms with Crippen LogP contribution in [0.5, 0.6) is 0 Å². The third-order valence-corrected chi connectivity index (χ3v) is 6.55. The third kappa shape index (κ3) is 4.78. The molecule has 0 bridgehead atoms. The number of anilines is 1. The van der Waals surface area contributed by atoms with Gasteiger partial charge in [0.25, 0.3) is 0 Å². The van der Waals surface area contributed by atoms with Crippen molar-refractivity contribution in [2.45, 2.75) is 52.2 Å². The van der Waals surface area contributed by atoms with E-state index in [1.165, 1.54) is 17.0 Å². The second-order valence-corrected chi connectivity index (χ2v) is 9.16. The summed E-state index contributed by atoms with van der Waals surface area (Å²) in [4.78, 5) is 19.4. The van der Waals surface area contributed by atoms with Gasteiger partial charge in [-0.2, -0.15) is 0 Å². The number of benzene rings is 1. The van der Waals surface area contributed by atoms with Gasteiger partial charge in [0.2, 0.25) is 5.91 Å². The second-order valence-electron chi connectivity index (χ2n) is 8.77. The number of nitrogens with zero attached hydrogens (tertiary/aromatic N) is 3. The van der Waals surface area contributed by atoms with E-state index in [2.05, 4.69) is 58.8 Å². The highest BCUT2D eigenvalue weighted by Gasteiger charge is 2.41. The quantitative estimate of drug-likeness (QED) is 0.481. The van der Waals surface area contributed by atoms with E-state index in [0.717, 1.165) is 11.4 Å². The number of aryl methyl sites for hydroxylation is 1. The molecule has 1 saturated heterocycles. The lowest BCUT2D eigenvalue weighted by Crippen LogP contribution is -2.33. The molecular formula is C26H31N5OS. The van der Waals surface area contributed by atoms with Crippen LogP contribution in [0, 0.1) is 13.8 Å². The maximum absolute atomic E-state index is 12.7. The van der Waals surface area contributed by atoms with Gasteiger partial charge in [-0.15, -0.1) is 0 Å². The van der Waals surface area contributed by atoms with Gasteiger partial charge in [0.1, 0.15) is 0 Å². The molecule has 3 aromatic rings. The molecule has 0 unspecified atom stereocenters. The minimum absolute atomic E-state index is 0.0308. The van der Waals surface area contributed by atoms with Crippen LogP contribution in [0.2, 0.25) is 0 Å². The van der Waals surface area contributed by atoms with Gasteiger partial charge >= 0.3 is 0 Å². The molecule has 2 N–H and O–H groups in total. The summed E-state index contributed by atoms with van der Waals surface area (Å²) in [6, 6.07) is 18.0. The average Bonchev–Trinajstić information content (AvgIpc) is 3.28. The number of hydrogen-bond acceptors (Lipinski definition) is 3. The Hall–Kier alpha value is -3.19. The largest absolute Gasteiger partial charge is 0.352 e. The molecule has 6 nitrogen and oxygen atoms in total. The van der Waals surface area contributed by atoms with E-state index in [1.807, 2.05) is 54.7 Å². The van der Waals surface area contributed by atoms with Crippen LogP contribution < -0.4 is 10.6 Å². The molecule has 0 radical (unpaired) electrons. The number of thiocarbonyl (C=S) groups is 1. The van der Waals surface area contributed by atoms with Crippen molar-refractivity contribution in [3.05, 3.63) is 83.4 Å². The lowest BCUT2D eigenvalue weighted by molar-refractivity contribution is -0.116. The van der Waals surface area contributed by atoms with Crippen LogP contribution in [0.25, 0.3) is 0 Å². The number of rotatable bonds is 7. The van der Waals surface area contributed by atoms with Gasteiger partial charge in [0.15, 0.2) is 5.11 Å². The van der Waals surface area contributed by atoms with Gasteiger partial charge < -0.3 is 20.1 Å². The molecule has 1 aromatic carbocycles. The van der Waals surface area contributed by atoms with E-state index < -0.39 is 0 Å². The van der Waals surface area contributed by atoms with Crippen LogP contribution >= 0.6 is 12.2 Å². The highest BCUT2D eigenvalue weighted by atomic mass is 32.1. The number of carbonyl (C=O) groups is 1. The molecule has 0 aliphatic carbocycles. The minimum atomic E-state index is -0.0861. The van der Waals surface area contributed by atoms with Crippen molar-refractivity contribution in [2.75, 3.05) is 11.9 Å². The van der Waals surface area contributed by atoms with Crippen LogP contribution in [0.3, 0.4) is 0 Å². The average molecular weight is 462 g/mol. The summed E-state index contributed by atoms with van der Waals surface area (Å²) in [6.45, 7) is 9.22. The highest BCUT2D eigenvalue weighted by molar-refractivity contribution is 7.80. The van der Waals surface area contributed by atoms with E-state index in [-0.39, 0.29) is 18.0 Å². The van der Waals surface area contributed by atoms with Gasteiger partial charge in [-0.1, -0.05) is 24.3 Å². The zero-order valence-electron chi connectivity index (χ0n) is 19.6. The Morgan fingerprint density at radius 1 is 1.15 bits per heavy atom. The first-order chi connectivity index (χ1) is 15.9. The predicted molar refractivity (Wildman–Crippen MR) is 136 cm³/mol. The molecule has 7 heteroatoms. The second kappa shape index (κ2) is 9.75. The first-order valence-corrected chi connectivity index (χ1v) is 11.8. The fourth-order valence-electron chi connectivity index (χ4n) is 4.85. The van der Waals surface area contributed by atoms with Gasteiger partial charge in [-0.05, 0) is 75.8 Å². The monoisotopic (exact) mass is 461 g/mol. The standard InChI is InChI=1S/C26H31N5OS/c1-17(2)31-18(3)16-21(19(31)4)25-24(22-12-8-9-14-27-22)29-26(33)30(25)15-13-23(32)28-20-10-6-5-7-11-20/h5-12,14,16-17,24-25H,13,15H2,1-4H3,(H,28,32)(H,29,33)/t24-,25-/m0/s1. The molecule has 1 aliphatic rings. The van der Waals surface area contributed by atoms with Crippen molar-refractivity contribution in [1.82, 2.24) is 19.8 Å². The number of pyridine rings is 1. The number of amides is 1. The highest BCUT2D eigenvalue weighted by Crippen LogP contribution is 2.41. The number of carbonyl (C=O) groups excluding carboxylic acids is 1. The molecular weight excluding hydrogens is 430 g/mol. The van der Waals surface area contributed by atoms with Crippen molar-refractivity contribution < 1.29 is 4.79 Å². The third-order valence-electron chi connectivity index (χ3n) is 6.19. The Morgan fingerprint density at radius 3 is 2.52 bits per heavy atom. The Morgan fingerprint density at radius 2 is 1.88 bits per heavy atom. The molecule has 0 saturated carbocycles. The summed E-state index contributed by atoms with van der Waals surface area (Å²) < 4.78 is 2.35. The van der Waals surface area contributed by atoms with Crippen molar-refractivity contribution >= 4 is 28.9 Å². The molecule has 33 heavy (non-hydrogen) atoms. The lowest BCUT2D eigenvalue weighted by atomic mass is 9.96. The summed E-state index contributed by atoms with van der Waals surface area (Å²) >= 11 is 5.76. The Bertz CT molecular complexity index is 1130. The fraction of sp³-hybridized carbons (Fsp3) is 0.346. The Labute approximate surface area is 201 Å². The molecule has 2 atom stereocenters. The maximum Gasteiger partial charge on any atom is 0.226 e. The van der Waals surface area contributed by atoms with E-state index in [4.69, 9.17) is 12.2 Å². The SMILES string of the molecule is Cc1cc([C@H]2[C@H](c3ccccn3)NC(=S)N2CCC(=O)Nc2ccccc2)c(C)n1C(C)C. The van der Waals surface area contributed by atoms with Gasteiger partial charge in [-0.3, -0.25) is 9.78 Å². The maximum atomic E-state index is 12.7. The molecule has 1 amide bonds. The number of aromatic nitrogens is 2. The van der Waals surface area contributed by atoms with Gasteiger partial charge in [-0.25, -0.2) is 0 Å². The fourth-order valence-corrected chi connectivity index (χ4v) is 5.18. The zero-order chi connectivity index (χ0) is 23.5. The summed E-state index contributed by atoms with van der Waals surface area (Å²) in [5.74, 6) is -0.0308. The van der Waals surface area contributed by atoms with Gasteiger partial charge in [0.05, 0.1) is 17.8 Å². The zero-order valence-corrected chi connectivity index (χ0v) is 20.4. The molecule has 3 heterocycles. The van der Waals surface area contributed by atoms with E-state index in [0.29, 0.717) is 24.1 Å². The number of nitrogens with one attached hydrogen (secondary N) is 2. The van der Waals surface area contributed by atoms with Crippen LogP contribution in [-0.2, 0) is 4.79 Å². The lowest BCUT2D eigenvalue weighted by Gasteiger charge is -2.28. The predicted octanol–water partition coefficient (Wildman–Crippen LogP) is 5.08. The molecule has 0 spiro atoms. The van der Waals surface area contributed by atoms with E-state index >= 15 is 0 Å². The topological polar surface area (TPSA) is 62.2 Å². The van der Waals surface area contributed by atoms with Crippen LogP contribution in [0.4, 0.5) is 5.69 Å². The Kier molecular flexibility index (Phi) is 6.79. The van der Waals surface area contributed by atoms with E-state index in [9.17, 15) is 4.79 Å². The van der Waals surface area contributed by atoms with Crippen molar-refractivity contribution in [1.29, 1.82) is 0 Å².